The lowest BCUT2D eigenvalue weighted by Gasteiger charge is -2.38. The highest BCUT2D eigenvalue weighted by Gasteiger charge is 2.51. The van der Waals surface area contributed by atoms with E-state index in [0.717, 1.165) is 11.3 Å². The molecule has 7 heteroatoms. The summed E-state index contributed by atoms with van der Waals surface area (Å²) in [6, 6.07) is 17.0. The molecule has 0 radical (unpaired) electrons. The number of nitriles is 1. The summed E-state index contributed by atoms with van der Waals surface area (Å²) in [7, 11) is 0. The highest BCUT2D eigenvalue weighted by molar-refractivity contribution is 8.03. The predicted molar refractivity (Wildman–Crippen MR) is 123 cm³/mol. The van der Waals surface area contributed by atoms with E-state index in [2.05, 4.69) is 6.07 Å². The van der Waals surface area contributed by atoms with E-state index in [9.17, 15) is 15.2 Å². The molecular weight excluding hydrogens is 424 g/mol. The van der Waals surface area contributed by atoms with Crippen LogP contribution in [-0.2, 0) is 10.5 Å². The number of hydrogen-bond donors (Lipinski definition) is 1. The van der Waals surface area contributed by atoms with Crippen molar-refractivity contribution in [1.29, 1.82) is 5.26 Å². The molecule has 1 saturated heterocycles. The average molecular weight is 451 g/mol. The van der Waals surface area contributed by atoms with E-state index in [1.807, 2.05) is 45.0 Å². The number of allylic oxidation sites excluding steroid dienone is 1. The maximum atomic E-state index is 13.3. The number of nitrogens with zero attached hydrogens (tertiary/aromatic N) is 2. The number of benzene rings is 2. The van der Waals surface area contributed by atoms with Gasteiger partial charge in [-0.05, 0) is 50.6 Å². The fourth-order valence-corrected chi connectivity index (χ4v) is 5.52. The molecule has 166 valence electrons. The topological polar surface area (TPSA) is 82.8 Å². The predicted octanol–water partition coefficient (Wildman–Crippen LogP) is 4.52. The number of hydrogen-bond acceptors (Lipinski definition) is 6. The molecule has 1 amide bonds. The first-order valence-electron chi connectivity index (χ1n) is 10.7. The second kappa shape index (κ2) is 8.89. The Labute approximate surface area is 192 Å². The van der Waals surface area contributed by atoms with Crippen LogP contribution in [-0.4, -0.2) is 34.4 Å². The van der Waals surface area contributed by atoms with Gasteiger partial charge in [0.2, 0.25) is 5.91 Å². The molecule has 6 nitrogen and oxygen atoms in total. The smallest absolute Gasteiger partial charge is 0.231 e. The van der Waals surface area contributed by atoms with Gasteiger partial charge in [-0.3, -0.25) is 9.69 Å². The standard InChI is InChI=1S/C25H26N2O4S/c1-4-30-19-11-7-18(8-12-19)25(29)15-32-24-22(14-26)21(13-23(28)27(24)25)17-5-9-20(10-6-17)31-16(2)3/h5-12,16,21,29H,4,13,15H2,1-3H3/t21-,25-/m1/s1. The fourth-order valence-electron chi connectivity index (χ4n) is 4.16. The van der Waals surface area contributed by atoms with E-state index in [-0.39, 0.29) is 30.1 Å². The summed E-state index contributed by atoms with van der Waals surface area (Å²) in [5.41, 5.74) is 0.496. The molecule has 0 bridgehead atoms. The molecule has 0 saturated carbocycles. The number of rotatable bonds is 6. The van der Waals surface area contributed by atoms with Crippen LogP contribution in [0.3, 0.4) is 0 Å². The summed E-state index contributed by atoms with van der Waals surface area (Å²) < 4.78 is 11.2. The Morgan fingerprint density at radius 3 is 2.44 bits per heavy atom. The summed E-state index contributed by atoms with van der Waals surface area (Å²) in [5.74, 6) is 1.17. The highest BCUT2D eigenvalue weighted by atomic mass is 32.2. The maximum Gasteiger partial charge on any atom is 0.231 e. The SMILES string of the molecule is CCOc1ccc([C@]2(O)CSC3=C(C#N)[C@@H](c4ccc(OC(C)C)cc4)CC(=O)N32)cc1. The normalized spacial score (nSPS) is 22.7. The zero-order chi connectivity index (χ0) is 22.9. The van der Waals surface area contributed by atoms with Gasteiger partial charge in [0.25, 0.3) is 0 Å². The molecule has 0 aromatic heterocycles. The second-order valence-corrected chi connectivity index (χ2v) is 9.08. The monoisotopic (exact) mass is 450 g/mol. The number of fused-ring (bicyclic) bond motifs is 1. The molecule has 2 atom stereocenters. The van der Waals surface area contributed by atoms with Crippen molar-refractivity contribution < 1.29 is 19.4 Å². The van der Waals surface area contributed by atoms with Crippen LogP contribution in [0, 0.1) is 11.3 Å². The van der Waals surface area contributed by atoms with Crippen molar-refractivity contribution in [3.05, 3.63) is 70.3 Å². The Bertz CT molecular complexity index is 1070. The number of thioether (sulfide) groups is 1. The van der Waals surface area contributed by atoms with Crippen molar-refractivity contribution >= 4 is 17.7 Å². The average Bonchev–Trinajstić information content (AvgIpc) is 3.14. The molecular formula is C25H26N2O4S. The molecule has 1 fully saturated rings. The fraction of sp³-hybridized carbons (Fsp3) is 0.360. The minimum absolute atomic E-state index is 0.0672. The van der Waals surface area contributed by atoms with Crippen molar-refractivity contribution in [2.45, 2.75) is 44.9 Å². The zero-order valence-electron chi connectivity index (χ0n) is 18.4. The van der Waals surface area contributed by atoms with Crippen molar-refractivity contribution in [3.8, 4) is 17.6 Å². The first-order valence-corrected chi connectivity index (χ1v) is 11.7. The minimum Gasteiger partial charge on any atom is -0.494 e. The van der Waals surface area contributed by atoms with Gasteiger partial charge in [0.1, 0.15) is 11.5 Å². The van der Waals surface area contributed by atoms with E-state index in [1.165, 1.54) is 16.7 Å². The van der Waals surface area contributed by atoms with Gasteiger partial charge in [-0.25, -0.2) is 0 Å². The molecule has 2 aromatic rings. The van der Waals surface area contributed by atoms with Gasteiger partial charge in [0, 0.05) is 17.9 Å². The first kappa shape index (κ1) is 22.3. The van der Waals surface area contributed by atoms with Crippen LogP contribution < -0.4 is 9.47 Å². The number of aliphatic hydroxyl groups is 1. The Morgan fingerprint density at radius 1 is 1.19 bits per heavy atom. The van der Waals surface area contributed by atoms with Gasteiger partial charge in [-0.2, -0.15) is 5.26 Å². The van der Waals surface area contributed by atoms with Gasteiger partial charge >= 0.3 is 0 Å². The Kier molecular flexibility index (Phi) is 6.18. The zero-order valence-corrected chi connectivity index (χ0v) is 19.2. The maximum absolute atomic E-state index is 13.3. The third-order valence-corrected chi connectivity index (χ3v) is 6.82. The summed E-state index contributed by atoms with van der Waals surface area (Å²) in [6.07, 6.45) is 0.189. The van der Waals surface area contributed by atoms with Crippen LogP contribution in [0.2, 0.25) is 0 Å². The second-order valence-electron chi connectivity index (χ2n) is 8.11. The van der Waals surface area contributed by atoms with Crippen molar-refractivity contribution in [1.82, 2.24) is 4.90 Å². The Balaban J connectivity index is 1.67. The molecule has 2 aliphatic heterocycles. The number of amides is 1. The Morgan fingerprint density at radius 2 is 1.84 bits per heavy atom. The van der Waals surface area contributed by atoms with E-state index in [0.29, 0.717) is 28.5 Å². The molecule has 4 rings (SSSR count). The highest BCUT2D eigenvalue weighted by Crippen LogP contribution is 2.51. The van der Waals surface area contributed by atoms with E-state index in [1.54, 1.807) is 24.3 Å². The van der Waals surface area contributed by atoms with Crippen LogP contribution in [0.4, 0.5) is 0 Å². The molecule has 32 heavy (non-hydrogen) atoms. The minimum atomic E-state index is -1.50. The quantitative estimate of drug-likeness (QED) is 0.697. The van der Waals surface area contributed by atoms with Crippen LogP contribution in [0.25, 0.3) is 0 Å². The lowest BCUT2D eigenvalue weighted by Crippen LogP contribution is -2.48. The summed E-state index contributed by atoms with van der Waals surface area (Å²) in [6.45, 7) is 6.38. The lowest BCUT2D eigenvalue weighted by atomic mass is 9.85. The van der Waals surface area contributed by atoms with Crippen molar-refractivity contribution in [2.75, 3.05) is 12.4 Å². The number of carbonyl (C=O) groups is 1. The van der Waals surface area contributed by atoms with E-state index >= 15 is 0 Å². The molecule has 2 aromatic carbocycles. The van der Waals surface area contributed by atoms with Crippen LogP contribution in [0.1, 0.15) is 44.2 Å². The summed E-state index contributed by atoms with van der Waals surface area (Å²) in [4.78, 5) is 14.7. The van der Waals surface area contributed by atoms with Crippen molar-refractivity contribution in [2.24, 2.45) is 0 Å². The largest absolute Gasteiger partial charge is 0.494 e. The molecule has 1 N–H and O–H groups in total. The molecule has 2 aliphatic rings. The summed E-state index contributed by atoms with van der Waals surface area (Å²) >= 11 is 1.35. The van der Waals surface area contributed by atoms with Gasteiger partial charge in [-0.15, -0.1) is 11.8 Å². The summed E-state index contributed by atoms with van der Waals surface area (Å²) in [5, 5.41) is 22.0. The molecule has 0 unspecified atom stereocenters. The number of carbonyl (C=O) groups excluding carboxylic acids is 1. The lowest BCUT2D eigenvalue weighted by molar-refractivity contribution is -0.149. The van der Waals surface area contributed by atoms with E-state index in [4.69, 9.17) is 9.47 Å². The third kappa shape index (κ3) is 3.96. The Hall–Kier alpha value is -2.95. The van der Waals surface area contributed by atoms with Gasteiger partial charge < -0.3 is 14.6 Å². The van der Waals surface area contributed by atoms with Gasteiger partial charge in [-0.1, -0.05) is 24.3 Å². The van der Waals surface area contributed by atoms with Crippen LogP contribution >= 0.6 is 11.8 Å². The number of ether oxygens (including phenoxy) is 2. The molecule has 0 spiro atoms. The van der Waals surface area contributed by atoms with Crippen LogP contribution in [0.5, 0.6) is 11.5 Å². The van der Waals surface area contributed by atoms with Gasteiger partial charge in [0.05, 0.1) is 35.1 Å². The van der Waals surface area contributed by atoms with Gasteiger partial charge in [0.15, 0.2) is 5.72 Å². The third-order valence-electron chi connectivity index (χ3n) is 5.59. The molecule has 0 aliphatic carbocycles. The van der Waals surface area contributed by atoms with E-state index < -0.39 is 5.72 Å². The van der Waals surface area contributed by atoms with Crippen LogP contribution in [0.15, 0.2) is 59.1 Å². The first-order chi connectivity index (χ1) is 15.4. The molecule has 2 heterocycles. The van der Waals surface area contributed by atoms with Crippen molar-refractivity contribution in [3.63, 3.8) is 0 Å².